The fourth-order valence-corrected chi connectivity index (χ4v) is 4.25. The number of benzene rings is 1. The number of hydrogen-bond donors (Lipinski definition) is 0. The summed E-state index contributed by atoms with van der Waals surface area (Å²) < 4.78 is 27.7. The molecule has 1 aromatic rings. The van der Waals surface area contributed by atoms with Gasteiger partial charge in [0.2, 0.25) is 0 Å². The number of thiocarbonyl (C=S) groups is 1. The summed E-state index contributed by atoms with van der Waals surface area (Å²) in [6.45, 7) is 10.3. The van der Waals surface area contributed by atoms with E-state index in [0.717, 1.165) is 55.1 Å². The number of cyclic esters (lactones) is 1. The van der Waals surface area contributed by atoms with E-state index in [-0.39, 0.29) is 12.6 Å². The predicted molar refractivity (Wildman–Crippen MR) is 135 cm³/mol. The SMILES string of the molecule is CCC(=S)Oc1c(CC=C(C)CCC(=O)OCCN2CCOCC2)c(OC)c(C)c2c1C(=O)OC2. The molecule has 192 valence electrons. The van der Waals surface area contributed by atoms with Gasteiger partial charge in [0.25, 0.3) is 0 Å². The van der Waals surface area contributed by atoms with Crippen molar-refractivity contribution in [2.45, 2.75) is 53.1 Å². The highest BCUT2D eigenvalue weighted by Crippen LogP contribution is 2.43. The molecule has 2 aliphatic heterocycles. The predicted octanol–water partition coefficient (Wildman–Crippen LogP) is 3.93. The Kier molecular flexibility index (Phi) is 10.1. The second-order valence-corrected chi connectivity index (χ2v) is 9.11. The molecule has 0 N–H and O–H groups in total. The fraction of sp³-hybridized carbons (Fsp3) is 0.577. The van der Waals surface area contributed by atoms with Crippen LogP contribution in [0.1, 0.15) is 60.2 Å². The maximum absolute atomic E-state index is 12.5. The van der Waals surface area contributed by atoms with Crippen LogP contribution in [0, 0.1) is 6.92 Å². The monoisotopic (exact) mass is 505 g/mol. The summed E-state index contributed by atoms with van der Waals surface area (Å²) in [6.07, 6.45) is 3.91. The van der Waals surface area contributed by atoms with Gasteiger partial charge >= 0.3 is 11.9 Å². The third-order valence-corrected chi connectivity index (χ3v) is 6.66. The van der Waals surface area contributed by atoms with Gasteiger partial charge in [-0.1, -0.05) is 18.6 Å². The van der Waals surface area contributed by atoms with Crippen LogP contribution in [0.2, 0.25) is 0 Å². The van der Waals surface area contributed by atoms with Crippen LogP contribution in [0.5, 0.6) is 11.5 Å². The van der Waals surface area contributed by atoms with Crippen LogP contribution < -0.4 is 9.47 Å². The van der Waals surface area contributed by atoms with Crippen molar-refractivity contribution in [3.8, 4) is 11.5 Å². The van der Waals surface area contributed by atoms with Gasteiger partial charge in [-0.25, -0.2) is 4.79 Å². The molecule has 0 radical (unpaired) electrons. The Bertz CT molecular complexity index is 983. The van der Waals surface area contributed by atoms with Gasteiger partial charge in [0.05, 0.1) is 20.3 Å². The topological polar surface area (TPSA) is 83.5 Å². The number of carbonyl (C=O) groups excluding carboxylic acids is 2. The normalized spacial score (nSPS) is 16.0. The van der Waals surface area contributed by atoms with Gasteiger partial charge in [-0.05, 0) is 44.5 Å². The summed E-state index contributed by atoms with van der Waals surface area (Å²) in [5.74, 6) is 0.435. The lowest BCUT2D eigenvalue weighted by atomic mass is 9.94. The minimum absolute atomic E-state index is 0.189. The molecule has 8 nitrogen and oxygen atoms in total. The summed E-state index contributed by atoms with van der Waals surface area (Å²) in [6, 6.07) is 0. The number of hydrogen-bond acceptors (Lipinski definition) is 9. The van der Waals surface area contributed by atoms with Crippen LogP contribution in [0.3, 0.4) is 0 Å². The van der Waals surface area contributed by atoms with E-state index in [4.69, 9.17) is 35.9 Å². The van der Waals surface area contributed by atoms with Crippen molar-refractivity contribution in [2.24, 2.45) is 0 Å². The van der Waals surface area contributed by atoms with Crippen molar-refractivity contribution < 1.29 is 33.3 Å². The van der Waals surface area contributed by atoms with Crippen LogP contribution in [0.15, 0.2) is 11.6 Å². The summed E-state index contributed by atoms with van der Waals surface area (Å²) >= 11 is 5.31. The van der Waals surface area contributed by atoms with E-state index in [1.54, 1.807) is 7.11 Å². The van der Waals surface area contributed by atoms with Crippen molar-refractivity contribution in [3.05, 3.63) is 33.9 Å². The molecule has 9 heteroatoms. The highest BCUT2D eigenvalue weighted by molar-refractivity contribution is 7.80. The van der Waals surface area contributed by atoms with Crippen LogP contribution in [-0.4, -0.2) is 68.5 Å². The van der Waals surface area contributed by atoms with E-state index >= 15 is 0 Å². The van der Waals surface area contributed by atoms with E-state index in [2.05, 4.69) is 4.90 Å². The Balaban J connectivity index is 1.66. The van der Waals surface area contributed by atoms with Crippen molar-refractivity contribution in [3.63, 3.8) is 0 Å². The van der Waals surface area contributed by atoms with Gasteiger partial charge in [0.15, 0.2) is 5.05 Å². The number of fused-ring (bicyclic) bond motifs is 1. The second-order valence-electron chi connectivity index (χ2n) is 8.65. The van der Waals surface area contributed by atoms with Gasteiger partial charge in [-0.3, -0.25) is 9.69 Å². The quantitative estimate of drug-likeness (QED) is 0.252. The average molecular weight is 506 g/mol. The molecule has 0 aromatic heterocycles. The highest BCUT2D eigenvalue weighted by Gasteiger charge is 2.33. The Labute approximate surface area is 212 Å². The van der Waals surface area contributed by atoms with E-state index in [1.807, 2.05) is 26.8 Å². The van der Waals surface area contributed by atoms with Crippen molar-refractivity contribution in [2.75, 3.05) is 46.6 Å². The zero-order chi connectivity index (χ0) is 25.4. The van der Waals surface area contributed by atoms with Crippen LogP contribution in [0.25, 0.3) is 0 Å². The number of morpholine rings is 1. The van der Waals surface area contributed by atoms with Gasteiger partial charge < -0.3 is 23.7 Å². The lowest BCUT2D eigenvalue weighted by Gasteiger charge is -2.26. The average Bonchev–Trinajstić information content (AvgIpc) is 3.25. The highest BCUT2D eigenvalue weighted by atomic mass is 32.1. The number of nitrogens with zero attached hydrogens (tertiary/aromatic N) is 1. The van der Waals surface area contributed by atoms with Gasteiger partial charge in [-0.2, -0.15) is 0 Å². The number of allylic oxidation sites excluding steroid dienone is 2. The Morgan fingerprint density at radius 3 is 2.63 bits per heavy atom. The zero-order valence-corrected chi connectivity index (χ0v) is 21.9. The molecule has 0 amide bonds. The van der Waals surface area contributed by atoms with Crippen molar-refractivity contribution in [1.29, 1.82) is 0 Å². The minimum Gasteiger partial charge on any atom is -0.496 e. The second kappa shape index (κ2) is 13.0. The third kappa shape index (κ3) is 7.02. The lowest BCUT2D eigenvalue weighted by molar-refractivity contribution is -0.144. The molecular formula is C26H35NO7S. The van der Waals surface area contributed by atoms with Crippen molar-refractivity contribution in [1.82, 2.24) is 4.90 Å². The van der Waals surface area contributed by atoms with E-state index in [1.165, 1.54) is 0 Å². The molecule has 0 saturated carbocycles. The van der Waals surface area contributed by atoms with Gasteiger partial charge in [-0.15, -0.1) is 0 Å². The zero-order valence-electron chi connectivity index (χ0n) is 21.1. The summed E-state index contributed by atoms with van der Waals surface area (Å²) in [5, 5.41) is 0.389. The number of esters is 2. The lowest BCUT2D eigenvalue weighted by Crippen LogP contribution is -2.38. The molecule has 1 fully saturated rings. The smallest absolute Gasteiger partial charge is 0.342 e. The standard InChI is InChI=1S/C26H35NO7S/c1-5-22(35)34-25-19(24(30-4)18(3)20-16-33-26(29)23(20)25)8-6-17(2)7-9-21(28)32-15-12-27-10-13-31-14-11-27/h6H,5,7-16H2,1-4H3. The molecular weight excluding hydrogens is 470 g/mol. The number of rotatable bonds is 11. The van der Waals surface area contributed by atoms with Gasteiger partial charge in [0, 0.05) is 43.6 Å². The fourth-order valence-electron chi connectivity index (χ4n) is 4.17. The molecule has 2 heterocycles. The molecule has 0 bridgehead atoms. The van der Waals surface area contributed by atoms with E-state index in [0.29, 0.717) is 54.4 Å². The van der Waals surface area contributed by atoms with Crippen LogP contribution in [0.4, 0.5) is 0 Å². The molecule has 2 aliphatic rings. The summed E-state index contributed by atoms with van der Waals surface area (Å²) in [5.41, 5.74) is 3.81. The first-order valence-corrected chi connectivity index (χ1v) is 12.5. The molecule has 0 aliphatic carbocycles. The molecule has 1 aromatic carbocycles. The number of ether oxygens (including phenoxy) is 5. The first-order valence-electron chi connectivity index (χ1n) is 12.1. The van der Waals surface area contributed by atoms with Gasteiger partial charge in [0.1, 0.15) is 30.3 Å². The maximum Gasteiger partial charge on any atom is 0.342 e. The number of carbonyl (C=O) groups is 2. The Hall–Kier alpha value is -2.49. The minimum atomic E-state index is -0.415. The summed E-state index contributed by atoms with van der Waals surface area (Å²) in [4.78, 5) is 26.9. The molecule has 0 unspecified atom stereocenters. The molecule has 0 atom stereocenters. The van der Waals surface area contributed by atoms with Crippen LogP contribution in [-0.2, 0) is 32.0 Å². The number of methoxy groups -OCH3 is 1. The summed E-state index contributed by atoms with van der Waals surface area (Å²) in [7, 11) is 1.60. The van der Waals surface area contributed by atoms with Crippen molar-refractivity contribution >= 4 is 29.2 Å². The molecule has 1 saturated heterocycles. The maximum atomic E-state index is 12.5. The first-order chi connectivity index (χ1) is 16.8. The third-order valence-electron chi connectivity index (χ3n) is 6.28. The van der Waals surface area contributed by atoms with E-state index in [9.17, 15) is 9.59 Å². The molecule has 35 heavy (non-hydrogen) atoms. The largest absolute Gasteiger partial charge is 0.496 e. The van der Waals surface area contributed by atoms with E-state index < -0.39 is 5.97 Å². The molecule has 0 spiro atoms. The molecule has 3 rings (SSSR count). The Morgan fingerprint density at radius 2 is 1.94 bits per heavy atom. The first kappa shape index (κ1) is 27.1. The Morgan fingerprint density at radius 1 is 1.20 bits per heavy atom. The van der Waals surface area contributed by atoms with Crippen LogP contribution >= 0.6 is 12.2 Å².